The Bertz CT molecular complexity index is 491. The normalized spacial score (nSPS) is 10.3. The van der Waals surface area contributed by atoms with Crippen molar-refractivity contribution < 1.29 is 4.79 Å². The van der Waals surface area contributed by atoms with Crippen LogP contribution in [0.5, 0.6) is 0 Å². The Morgan fingerprint density at radius 1 is 1.47 bits per heavy atom. The molecule has 0 aliphatic rings. The molecular weight excluding hydrogens is 260 g/mol. The Hall–Kier alpha value is -1.53. The van der Waals surface area contributed by atoms with Crippen molar-refractivity contribution in [1.82, 2.24) is 0 Å². The first kappa shape index (κ1) is 15.5. The van der Waals surface area contributed by atoms with Crippen LogP contribution in [0.15, 0.2) is 18.2 Å². The van der Waals surface area contributed by atoms with Crippen molar-refractivity contribution in [3.05, 3.63) is 28.8 Å². The Labute approximate surface area is 119 Å². The van der Waals surface area contributed by atoms with Crippen LogP contribution in [0.4, 0.5) is 5.69 Å². The highest BCUT2D eigenvalue weighted by molar-refractivity contribution is 6.33. The van der Waals surface area contributed by atoms with Crippen LogP contribution in [0.3, 0.4) is 0 Å². The highest BCUT2D eigenvalue weighted by atomic mass is 35.5. The number of benzene rings is 1. The molecule has 0 N–H and O–H groups in total. The number of nitrogens with zero attached hydrogens (tertiary/aromatic N) is 2. The second-order valence-corrected chi connectivity index (χ2v) is 5.38. The first-order valence-electron chi connectivity index (χ1n) is 6.38. The van der Waals surface area contributed by atoms with Crippen LogP contribution >= 0.6 is 11.6 Å². The largest absolute Gasteiger partial charge is 0.369 e. The average Bonchev–Trinajstić information content (AvgIpc) is 2.34. The number of nitriles is 1. The third-order valence-electron chi connectivity index (χ3n) is 2.77. The van der Waals surface area contributed by atoms with Gasteiger partial charge in [0.25, 0.3) is 0 Å². The summed E-state index contributed by atoms with van der Waals surface area (Å²) in [6.07, 6.45) is 0.456. The minimum absolute atomic E-state index is 0.000819. The molecule has 0 spiro atoms. The molecule has 19 heavy (non-hydrogen) atoms. The van der Waals surface area contributed by atoms with E-state index in [4.69, 9.17) is 16.9 Å². The zero-order chi connectivity index (χ0) is 14.4. The molecule has 1 aromatic carbocycles. The second kappa shape index (κ2) is 7.16. The number of halogens is 1. The number of carbonyl (C=O) groups excluding carboxylic acids is 1. The summed E-state index contributed by atoms with van der Waals surface area (Å²) in [5.41, 5.74) is 1.49. The molecule has 0 atom stereocenters. The molecule has 3 nitrogen and oxygen atoms in total. The molecule has 0 amide bonds. The predicted molar refractivity (Wildman–Crippen MR) is 78.7 cm³/mol. The summed E-state index contributed by atoms with van der Waals surface area (Å²) < 4.78 is 0. The molecule has 0 aliphatic heterocycles. The van der Waals surface area contributed by atoms with Gasteiger partial charge in [-0.05, 0) is 31.0 Å². The van der Waals surface area contributed by atoms with E-state index < -0.39 is 0 Å². The lowest BCUT2D eigenvalue weighted by atomic mass is 10.1. The quantitative estimate of drug-likeness (QED) is 0.741. The highest BCUT2D eigenvalue weighted by Gasteiger charge is 2.13. The van der Waals surface area contributed by atoms with Gasteiger partial charge in [0, 0.05) is 18.7 Å². The molecule has 0 radical (unpaired) electrons. The average molecular weight is 279 g/mol. The van der Waals surface area contributed by atoms with Crippen molar-refractivity contribution in [2.45, 2.75) is 27.2 Å². The zero-order valence-corrected chi connectivity index (χ0v) is 12.4. The van der Waals surface area contributed by atoms with Gasteiger partial charge in [0.1, 0.15) is 0 Å². The Morgan fingerprint density at radius 2 is 2.16 bits per heavy atom. The minimum Gasteiger partial charge on any atom is -0.369 e. The first-order chi connectivity index (χ1) is 8.95. The molecule has 0 heterocycles. The van der Waals surface area contributed by atoms with E-state index in [-0.39, 0.29) is 5.78 Å². The molecule has 0 bridgehead atoms. The fourth-order valence-electron chi connectivity index (χ4n) is 1.92. The number of hydrogen-bond donors (Lipinski definition) is 0. The molecule has 0 saturated heterocycles. The summed E-state index contributed by atoms with van der Waals surface area (Å²) in [6, 6.07) is 7.49. The first-order valence-corrected chi connectivity index (χ1v) is 6.76. The van der Waals surface area contributed by atoms with Crippen LogP contribution in [-0.4, -0.2) is 18.9 Å². The maximum absolute atomic E-state index is 11.3. The number of rotatable bonds is 6. The van der Waals surface area contributed by atoms with E-state index in [0.29, 0.717) is 29.5 Å². The van der Waals surface area contributed by atoms with Gasteiger partial charge in [-0.2, -0.15) is 5.26 Å². The van der Waals surface area contributed by atoms with Crippen LogP contribution in [0.2, 0.25) is 5.02 Å². The summed E-state index contributed by atoms with van der Waals surface area (Å²) >= 11 is 6.25. The van der Waals surface area contributed by atoms with E-state index >= 15 is 0 Å². The number of carbonyl (C=O) groups is 1. The third-order valence-corrected chi connectivity index (χ3v) is 3.08. The molecule has 0 saturated carbocycles. The summed E-state index contributed by atoms with van der Waals surface area (Å²) in [7, 11) is 0. The van der Waals surface area contributed by atoms with Crippen molar-refractivity contribution in [3.8, 4) is 6.07 Å². The van der Waals surface area contributed by atoms with Crippen molar-refractivity contribution in [3.63, 3.8) is 0 Å². The number of Topliss-reactive ketones (excluding diaryl/α,β-unsaturated/α-hetero) is 1. The number of hydrogen-bond acceptors (Lipinski definition) is 3. The van der Waals surface area contributed by atoms with Crippen molar-refractivity contribution >= 4 is 23.1 Å². The smallest absolute Gasteiger partial charge is 0.159 e. The topological polar surface area (TPSA) is 44.1 Å². The Morgan fingerprint density at radius 3 is 2.63 bits per heavy atom. The van der Waals surface area contributed by atoms with Crippen LogP contribution in [0.25, 0.3) is 0 Å². The summed E-state index contributed by atoms with van der Waals surface area (Å²) in [4.78, 5) is 13.4. The van der Waals surface area contributed by atoms with E-state index in [1.54, 1.807) is 12.1 Å². The van der Waals surface area contributed by atoms with Gasteiger partial charge in [-0.15, -0.1) is 0 Å². The fourth-order valence-corrected chi connectivity index (χ4v) is 2.22. The van der Waals surface area contributed by atoms with Crippen molar-refractivity contribution in [2.24, 2.45) is 5.92 Å². The molecule has 1 aromatic rings. The van der Waals surface area contributed by atoms with Gasteiger partial charge < -0.3 is 4.90 Å². The summed E-state index contributed by atoms with van der Waals surface area (Å²) in [6.45, 7) is 7.25. The number of ketones is 1. The van der Waals surface area contributed by atoms with E-state index in [1.165, 1.54) is 6.92 Å². The van der Waals surface area contributed by atoms with Crippen LogP contribution in [0, 0.1) is 17.2 Å². The maximum Gasteiger partial charge on any atom is 0.159 e. The fraction of sp³-hybridized carbons (Fsp3) is 0.467. The zero-order valence-electron chi connectivity index (χ0n) is 11.6. The molecule has 0 aromatic heterocycles. The third kappa shape index (κ3) is 4.57. The SMILES string of the molecule is CC(=O)c1ccc(N(CCC#N)CC(C)C)c(Cl)c1. The Kier molecular flexibility index (Phi) is 5.85. The van der Waals surface area contributed by atoms with Crippen LogP contribution < -0.4 is 4.90 Å². The van der Waals surface area contributed by atoms with Crippen LogP contribution in [-0.2, 0) is 0 Å². The van der Waals surface area contributed by atoms with Gasteiger partial charge >= 0.3 is 0 Å². The molecule has 102 valence electrons. The second-order valence-electron chi connectivity index (χ2n) is 4.97. The van der Waals surface area contributed by atoms with E-state index in [0.717, 1.165) is 12.2 Å². The van der Waals surface area contributed by atoms with Gasteiger partial charge in [-0.25, -0.2) is 0 Å². The van der Waals surface area contributed by atoms with E-state index in [1.807, 2.05) is 6.07 Å². The van der Waals surface area contributed by atoms with Gasteiger partial charge in [0.2, 0.25) is 0 Å². The van der Waals surface area contributed by atoms with Crippen LogP contribution in [0.1, 0.15) is 37.6 Å². The van der Waals surface area contributed by atoms with Gasteiger partial charge in [-0.1, -0.05) is 25.4 Å². The van der Waals surface area contributed by atoms with Gasteiger partial charge in [0.15, 0.2) is 5.78 Å². The summed E-state index contributed by atoms with van der Waals surface area (Å²) in [5.74, 6) is 0.475. The minimum atomic E-state index is 0.000819. The van der Waals surface area contributed by atoms with Crippen molar-refractivity contribution in [2.75, 3.05) is 18.0 Å². The standard InChI is InChI=1S/C15H19ClN2O/c1-11(2)10-18(8-4-7-17)15-6-5-13(12(3)19)9-14(15)16/h5-6,9,11H,4,8,10H2,1-3H3. The van der Waals surface area contributed by atoms with Gasteiger partial charge in [-0.3, -0.25) is 4.79 Å². The molecule has 0 unspecified atom stereocenters. The molecule has 1 rings (SSSR count). The summed E-state index contributed by atoms with van der Waals surface area (Å²) in [5, 5.41) is 9.29. The monoisotopic (exact) mass is 278 g/mol. The predicted octanol–water partition coefficient (Wildman–Crippen LogP) is 3.92. The molecular formula is C15H19ClN2O. The van der Waals surface area contributed by atoms with Crippen molar-refractivity contribution in [1.29, 1.82) is 5.26 Å². The van der Waals surface area contributed by atoms with Gasteiger partial charge in [0.05, 0.1) is 23.2 Å². The molecule has 0 aliphatic carbocycles. The van der Waals surface area contributed by atoms with E-state index in [9.17, 15) is 4.79 Å². The Balaban J connectivity index is 3.01. The number of anilines is 1. The van der Waals surface area contributed by atoms with E-state index in [2.05, 4.69) is 24.8 Å². The lowest BCUT2D eigenvalue weighted by Gasteiger charge is -2.27. The lowest BCUT2D eigenvalue weighted by Crippen LogP contribution is -2.28. The molecule has 4 heteroatoms. The lowest BCUT2D eigenvalue weighted by molar-refractivity contribution is 0.101. The molecule has 0 fully saturated rings. The maximum atomic E-state index is 11.3. The highest BCUT2D eigenvalue weighted by Crippen LogP contribution is 2.28.